The van der Waals surface area contributed by atoms with E-state index in [-0.39, 0.29) is 11.8 Å². The first-order chi connectivity index (χ1) is 8.32. The van der Waals surface area contributed by atoms with Gasteiger partial charge >= 0.3 is 0 Å². The lowest BCUT2D eigenvalue weighted by molar-refractivity contribution is -0.118. The van der Waals surface area contributed by atoms with Gasteiger partial charge in [-0.2, -0.15) is 0 Å². The number of nitrogens with one attached hydrogen (secondary N) is 1. The van der Waals surface area contributed by atoms with Gasteiger partial charge in [-0.15, -0.1) is 0 Å². The molecular weight excluding hydrogens is 230 g/mol. The molecule has 0 radical (unpaired) electrons. The first-order valence-corrected chi connectivity index (χ1v) is 5.79. The highest BCUT2D eigenvalue weighted by atomic mass is 16.2. The van der Waals surface area contributed by atoms with Gasteiger partial charge in [0.05, 0.1) is 6.04 Å². The third-order valence-electron chi connectivity index (χ3n) is 2.80. The van der Waals surface area contributed by atoms with Crippen molar-refractivity contribution in [2.75, 3.05) is 5.32 Å². The van der Waals surface area contributed by atoms with Gasteiger partial charge in [0, 0.05) is 11.3 Å². The van der Waals surface area contributed by atoms with Crippen LogP contribution in [0, 0.1) is 12.8 Å². The van der Waals surface area contributed by atoms with E-state index in [9.17, 15) is 9.59 Å². The first kappa shape index (κ1) is 14.2. The summed E-state index contributed by atoms with van der Waals surface area (Å²) in [7, 11) is 0. The molecule has 0 heterocycles. The van der Waals surface area contributed by atoms with E-state index in [1.807, 2.05) is 20.8 Å². The van der Waals surface area contributed by atoms with E-state index in [1.54, 1.807) is 18.2 Å². The average molecular weight is 249 g/mol. The fourth-order valence-corrected chi connectivity index (χ4v) is 1.43. The highest BCUT2D eigenvalue weighted by Gasteiger charge is 2.18. The third kappa shape index (κ3) is 3.30. The van der Waals surface area contributed by atoms with Gasteiger partial charge in [-0.1, -0.05) is 19.9 Å². The lowest BCUT2D eigenvalue weighted by Crippen LogP contribution is -2.39. The quantitative estimate of drug-likeness (QED) is 0.742. The molecule has 0 aliphatic rings. The molecule has 0 bridgehead atoms. The van der Waals surface area contributed by atoms with E-state index in [4.69, 9.17) is 11.5 Å². The number of hydrogen-bond donors (Lipinski definition) is 3. The molecule has 0 aliphatic heterocycles. The molecule has 18 heavy (non-hydrogen) atoms. The maximum atomic E-state index is 11.8. The normalized spacial score (nSPS) is 12.3. The number of anilines is 1. The van der Waals surface area contributed by atoms with Crippen molar-refractivity contribution in [2.45, 2.75) is 26.8 Å². The maximum absolute atomic E-state index is 11.8. The molecule has 0 saturated carbocycles. The molecule has 5 nitrogen and oxygen atoms in total. The van der Waals surface area contributed by atoms with Crippen molar-refractivity contribution in [1.82, 2.24) is 0 Å². The zero-order valence-corrected chi connectivity index (χ0v) is 10.9. The van der Waals surface area contributed by atoms with Gasteiger partial charge in [0.2, 0.25) is 11.8 Å². The SMILES string of the molecule is Cc1ccc(C(N)=O)cc1NC(=O)[C@@H](N)C(C)C. The van der Waals surface area contributed by atoms with Crippen LogP contribution in [0.3, 0.4) is 0 Å². The zero-order valence-electron chi connectivity index (χ0n) is 10.9. The smallest absolute Gasteiger partial charge is 0.248 e. The molecule has 1 rings (SSSR count). The summed E-state index contributed by atoms with van der Waals surface area (Å²) in [5.74, 6) is -0.752. The van der Waals surface area contributed by atoms with Crippen LogP contribution in [-0.4, -0.2) is 17.9 Å². The number of nitrogens with two attached hydrogens (primary N) is 2. The Morgan fingerprint density at radius 1 is 1.28 bits per heavy atom. The number of rotatable bonds is 4. The average Bonchev–Trinajstić information content (AvgIpc) is 2.30. The highest BCUT2D eigenvalue weighted by Crippen LogP contribution is 2.17. The maximum Gasteiger partial charge on any atom is 0.248 e. The van der Waals surface area contributed by atoms with E-state index in [1.165, 1.54) is 0 Å². The fourth-order valence-electron chi connectivity index (χ4n) is 1.43. The summed E-state index contributed by atoms with van der Waals surface area (Å²) in [6, 6.07) is 4.33. The molecule has 0 fully saturated rings. The Balaban J connectivity index is 2.93. The molecule has 1 atom stereocenters. The Labute approximate surface area is 107 Å². The van der Waals surface area contributed by atoms with Crippen molar-refractivity contribution in [2.24, 2.45) is 17.4 Å². The number of primary amides is 1. The van der Waals surface area contributed by atoms with Crippen molar-refractivity contribution in [1.29, 1.82) is 0 Å². The van der Waals surface area contributed by atoms with Crippen molar-refractivity contribution < 1.29 is 9.59 Å². The minimum absolute atomic E-state index is 0.0460. The van der Waals surface area contributed by atoms with Gasteiger partial charge in [-0.25, -0.2) is 0 Å². The van der Waals surface area contributed by atoms with Crippen molar-refractivity contribution >= 4 is 17.5 Å². The molecule has 0 aliphatic carbocycles. The molecule has 5 N–H and O–H groups in total. The molecule has 2 amide bonds. The van der Waals surface area contributed by atoms with Crippen LogP contribution in [0.5, 0.6) is 0 Å². The topological polar surface area (TPSA) is 98.2 Å². The van der Waals surface area contributed by atoms with Crippen LogP contribution in [0.1, 0.15) is 29.8 Å². The molecular formula is C13H19N3O2. The van der Waals surface area contributed by atoms with Crippen LogP contribution in [0.2, 0.25) is 0 Å². The second-order valence-electron chi connectivity index (χ2n) is 4.65. The summed E-state index contributed by atoms with van der Waals surface area (Å²) in [5.41, 5.74) is 12.7. The van der Waals surface area contributed by atoms with Crippen molar-refractivity contribution in [3.05, 3.63) is 29.3 Å². The van der Waals surface area contributed by atoms with Crippen LogP contribution in [0.25, 0.3) is 0 Å². The van der Waals surface area contributed by atoms with E-state index in [0.717, 1.165) is 5.56 Å². The molecule has 0 spiro atoms. The summed E-state index contributed by atoms with van der Waals surface area (Å²) in [4.78, 5) is 22.9. The predicted octanol–water partition coefficient (Wildman–Crippen LogP) is 1.02. The largest absolute Gasteiger partial charge is 0.366 e. The standard InChI is InChI=1S/C13H19N3O2/c1-7(2)11(14)13(18)16-10-6-9(12(15)17)5-4-8(10)3/h4-7,11H,14H2,1-3H3,(H2,15,17)(H,16,18)/t11-/m0/s1. The Bertz CT molecular complexity index is 469. The van der Waals surface area contributed by atoms with Crippen LogP contribution in [-0.2, 0) is 4.79 Å². The van der Waals surface area contributed by atoms with Crippen LogP contribution >= 0.6 is 0 Å². The molecule has 0 saturated heterocycles. The number of aryl methyl sites for hydroxylation is 1. The third-order valence-corrected chi connectivity index (χ3v) is 2.80. The predicted molar refractivity (Wildman–Crippen MR) is 71.1 cm³/mol. The second kappa shape index (κ2) is 5.64. The lowest BCUT2D eigenvalue weighted by Gasteiger charge is -2.16. The first-order valence-electron chi connectivity index (χ1n) is 5.79. The number of carbonyl (C=O) groups is 2. The van der Waals surface area contributed by atoms with E-state index >= 15 is 0 Å². The van der Waals surface area contributed by atoms with E-state index in [0.29, 0.717) is 11.3 Å². The Morgan fingerprint density at radius 3 is 2.39 bits per heavy atom. The van der Waals surface area contributed by atoms with E-state index < -0.39 is 11.9 Å². The molecule has 0 aromatic heterocycles. The van der Waals surface area contributed by atoms with Gasteiger partial charge in [0.25, 0.3) is 0 Å². The zero-order chi connectivity index (χ0) is 13.9. The Kier molecular flexibility index (Phi) is 4.44. The molecule has 98 valence electrons. The molecule has 0 unspecified atom stereocenters. The van der Waals surface area contributed by atoms with Crippen molar-refractivity contribution in [3.63, 3.8) is 0 Å². The van der Waals surface area contributed by atoms with Crippen molar-refractivity contribution in [3.8, 4) is 0 Å². The fraction of sp³-hybridized carbons (Fsp3) is 0.385. The van der Waals surface area contributed by atoms with Crippen LogP contribution in [0.4, 0.5) is 5.69 Å². The van der Waals surface area contributed by atoms with Gasteiger partial charge in [-0.05, 0) is 30.5 Å². The summed E-state index contributed by atoms with van der Waals surface area (Å²) < 4.78 is 0. The van der Waals surface area contributed by atoms with Crippen LogP contribution < -0.4 is 16.8 Å². The lowest BCUT2D eigenvalue weighted by atomic mass is 10.0. The van der Waals surface area contributed by atoms with Gasteiger partial charge in [0.1, 0.15) is 0 Å². The Hall–Kier alpha value is -1.88. The minimum Gasteiger partial charge on any atom is -0.366 e. The molecule has 1 aromatic carbocycles. The summed E-state index contributed by atoms with van der Waals surface area (Å²) in [6.07, 6.45) is 0. The number of carbonyl (C=O) groups excluding carboxylic acids is 2. The minimum atomic E-state index is -0.582. The van der Waals surface area contributed by atoms with E-state index in [2.05, 4.69) is 5.32 Å². The van der Waals surface area contributed by atoms with Gasteiger partial charge in [0.15, 0.2) is 0 Å². The highest BCUT2D eigenvalue weighted by molar-refractivity contribution is 5.98. The summed E-state index contributed by atoms with van der Waals surface area (Å²) in [6.45, 7) is 5.58. The van der Waals surface area contributed by atoms with Gasteiger partial charge in [-0.3, -0.25) is 9.59 Å². The number of hydrogen-bond acceptors (Lipinski definition) is 3. The number of amides is 2. The summed E-state index contributed by atoms with van der Waals surface area (Å²) in [5, 5.41) is 2.71. The van der Waals surface area contributed by atoms with Gasteiger partial charge < -0.3 is 16.8 Å². The second-order valence-corrected chi connectivity index (χ2v) is 4.65. The number of benzene rings is 1. The van der Waals surface area contributed by atoms with Crippen LogP contribution in [0.15, 0.2) is 18.2 Å². The summed E-state index contributed by atoms with van der Waals surface area (Å²) >= 11 is 0. The Morgan fingerprint density at radius 2 is 1.89 bits per heavy atom. The molecule has 1 aromatic rings. The monoisotopic (exact) mass is 249 g/mol. The molecule has 5 heteroatoms.